The fraction of sp³-hybridized carbons (Fsp3) is 0.167. The topological polar surface area (TPSA) is 75.8 Å². The average Bonchev–Trinajstić information content (AvgIpc) is 2.57. The van der Waals surface area contributed by atoms with Crippen LogP contribution in [0.1, 0.15) is 12.5 Å². The summed E-state index contributed by atoms with van der Waals surface area (Å²) in [6.45, 7) is 1.71. The first-order chi connectivity index (χ1) is 8.50. The maximum Gasteiger partial charge on any atom is 0.277 e. The average molecular weight is 245 g/mol. The molecule has 92 valence electrons. The van der Waals surface area contributed by atoms with Crippen molar-refractivity contribution in [2.45, 2.75) is 6.92 Å². The van der Waals surface area contributed by atoms with Crippen LogP contribution in [0.4, 0.5) is 5.69 Å². The fourth-order valence-corrected chi connectivity index (χ4v) is 1.63. The second-order valence-corrected chi connectivity index (χ2v) is 3.87. The number of hydrogen-bond acceptors (Lipinski definition) is 4. The molecule has 1 heterocycles. The summed E-state index contributed by atoms with van der Waals surface area (Å²) < 4.78 is 0. The van der Waals surface area contributed by atoms with Crippen LogP contribution in [0.15, 0.2) is 35.0 Å². The summed E-state index contributed by atoms with van der Waals surface area (Å²) in [6, 6.07) is 6.24. The molecule has 0 saturated heterocycles. The Morgan fingerprint density at radius 1 is 1.39 bits per heavy atom. The summed E-state index contributed by atoms with van der Waals surface area (Å²) >= 11 is 0. The minimum absolute atomic E-state index is 0.0415. The number of carbonyl (C=O) groups is 1. The molecule has 0 saturated carbocycles. The van der Waals surface area contributed by atoms with Gasteiger partial charge in [-0.2, -0.15) is 0 Å². The molecule has 0 aromatic heterocycles. The van der Waals surface area contributed by atoms with E-state index in [2.05, 4.69) is 4.99 Å². The monoisotopic (exact) mass is 245 g/mol. The van der Waals surface area contributed by atoms with Crippen molar-refractivity contribution in [1.82, 2.24) is 4.90 Å². The van der Waals surface area contributed by atoms with Gasteiger partial charge >= 0.3 is 0 Å². The molecule has 0 bridgehead atoms. The van der Waals surface area contributed by atoms with Gasteiger partial charge in [-0.3, -0.25) is 19.8 Å². The molecule has 1 aliphatic rings. The van der Waals surface area contributed by atoms with Gasteiger partial charge in [-0.1, -0.05) is 12.1 Å². The van der Waals surface area contributed by atoms with E-state index in [4.69, 9.17) is 0 Å². The maximum atomic E-state index is 11.8. The quantitative estimate of drug-likeness (QED) is 0.453. The standard InChI is InChI=1S/C12H11N3O3/c1-8-13-10(12(16)14(8)2)7-9-5-3-4-6-11(9)15(17)18/h3-7H,1-2H3/b10-7-. The van der Waals surface area contributed by atoms with Crippen molar-refractivity contribution in [2.24, 2.45) is 4.99 Å². The third kappa shape index (κ3) is 2.00. The van der Waals surface area contributed by atoms with Crippen LogP contribution in [-0.2, 0) is 4.79 Å². The number of benzene rings is 1. The molecule has 0 radical (unpaired) electrons. The molecule has 6 heteroatoms. The van der Waals surface area contributed by atoms with Crippen molar-refractivity contribution < 1.29 is 9.72 Å². The highest BCUT2D eigenvalue weighted by Gasteiger charge is 2.24. The van der Waals surface area contributed by atoms with E-state index in [1.807, 2.05) is 0 Å². The summed E-state index contributed by atoms with van der Waals surface area (Å²) in [5.41, 5.74) is 0.544. The Hall–Kier alpha value is -2.50. The number of amidine groups is 1. The van der Waals surface area contributed by atoms with Crippen LogP contribution >= 0.6 is 0 Å². The smallest absolute Gasteiger partial charge is 0.277 e. The second kappa shape index (κ2) is 4.40. The summed E-state index contributed by atoms with van der Waals surface area (Å²) in [5.74, 6) is 0.315. The Bertz CT molecular complexity index is 590. The lowest BCUT2D eigenvalue weighted by atomic mass is 10.1. The molecular formula is C12H11N3O3. The lowest BCUT2D eigenvalue weighted by molar-refractivity contribution is -0.385. The molecule has 0 N–H and O–H groups in total. The van der Waals surface area contributed by atoms with Gasteiger partial charge in [0.1, 0.15) is 11.5 Å². The molecule has 6 nitrogen and oxygen atoms in total. The van der Waals surface area contributed by atoms with Gasteiger partial charge in [0, 0.05) is 13.1 Å². The van der Waals surface area contributed by atoms with Crippen molar-refractivity contribution in [3.8, 4) is 0 Å². The van der Waals surface area contributed by atoms with E-state index in [1.54, 1.807) is 32.2 Å². The van der Waals surface area contributed by atoms with Crippen LogP contribution < -0.4 is 0 Å². The molecule has 1 aromatic rings. The van der Waals surface area contributed by atoms with E-state index in [9.17, 15) is 14.9 Å². The van der Waals surface area contributed by atoms with Gasteiger partial charge in [-0.05, 0) is 19.1 Å². The zero-order valence-electron chi connectivity index (χ0n) is 9.95. The molecule has 0 spiro atoms. The molecule has 18 heavy (non-hydrogen) atoms. The highest BCUT2D eigenvalue weighted by Crippen LogP contribution is 2.23. The van der Waals surface area contributed by atoms with Crippen LogP contribution in [-0.4, -0.2) is 28.6 Å². The first-order valence-corrected chi connectivity index (χ1v) is 5.29. The highest BCUT2D eigenvalue weighted by molar-refractivity contribution is 6.13. The Labute approximate surface area is 103 Å². The minimum atomic E-state index is -0.480. The fourth-order valence-electron chi connectivity index (χ4n) is 1.63. The second-order valence-electron chi connectivity index (χ2n) is 3.87. The number of rotatable bonds is 2. The number of para-hydroxylation sites is 1. The molecule has 0 atom stereocenters. The molecule has 1 amide bonds. The lowest BCUT2D eigenvalue weighted by Gasteiger charge is -2.06. The van der Waals surface area contributed by atoms with Gasteiger partial charge in [0.05, 0.1) is 10.5 Å². The number of hydrogen-bond donors (Lipinski definition) is 0. The first kappa shape index (κ1) is 12.0. The third-order valence-electron chi connectivity index (χ3n) is 2.72. The van der Waals surface area contributed by atoms with Crippen LogP contribution in [0, 0.1) is 10.1 Å². The van der Waals surface area contributed by atoms with Crippen molar-refractivity contribution in [3.05, 3.63) is 45.6 Å². The highest BCUT2D eigenvalue weighted by atomic mass is 16.6. The number of amides is 1. The predicted octanol–water partition coefficient (Wildman–Crippen LogP) is 1.83. The summed E-state index contributed by atoms with van der Waals surface area (Å²) in [7, 11) is 1.61. The number of nitro benzene ring substituents is 1. The zero-order valence-corrected chi connectivity index (χ0v) is 9.95. The van der Waals surface area contributed by atoms with Crippen LogP contribution in [0.5, 0.6) is 0 Å². The lowest BCUT2D eigenvalue weighted by Crippen LogP contribution is -2.25. The van der Waals surface area contributed by atoms with Gasteiger partial charge in [-0.25, -0.2) is 4.99 Å². The number of nitro groups is 1. The Balaban J connectivity index is 2.47. The number of nitrogens with zero attached hydrogens (tertiary/aromatic N) is 3. The van der Waals surface area contributed by atoms with E-state index in [0.29, 0.717) is 11.4 Å². The van der Waals surface area contributed by atoms with Gasteiger partial charge < -0.3 is 0 Å². The van der Waals surface area contributed by atoms with E-state index < -0.39 is 4.92 Å². The van der Waals surface area contributed by atoms with E-state index >= 15 is 0 Å². The van der Waals surface area contributed by atoms with Gasteiger partial charge in [-0.15, -0.1) is 0 Å². The molecule has 0 unspecified atom stereocenters. The first-order valence-electron chi connectivity index (χ1n) is 5.29. The predicted molar refractivity (Wildman–Crippen MR) is 67.0 cm³/mol. The molecule has 0 aliphatic carbocycles. The number of likely N-dealkylation sites (N-methyl/N-ethyl adjacent to an activating group) is 1. The van der Waals surface area contributed by atoms with Crippen LogP contribution in [0.2, 0.25) is 0 Å². The minimum Gasteiger partial charge on any atom is -0.298 e. The van der Waals surface area contributed by atoms with Crippen LogP contribution in [0.25, 0.3) is 6.08 Å². The molecule has 1 aliphatic heterocycles. The van der Waals surface area contributed by atoms with Crippen LogP contribution in [0.3, 0.4) is 0 Å². The third-order valence-corrected chi connectivity index (χ3v) is 2.72. The SMILES string of the molecule is CC1=N/C(=C\c2ccccc2[N+](=O)[O-])C(=O)N1C. The largest absolute Gasteiger partial charge is 0.298 e. The summed E-state index contributed by atoms with van der Waals surface area (Å²) in [6.07, 6.45) is 1.44. The van der Waals surface area contributed by atoms with Crippen molar-refractivity contribution >= 4 is 23.5 Å². The molecular weight excluding hydrogens is 234 g/mol. The number of carbonyl (C=O) groups excluding carboxylic acids is 1. The zero-order chi connectivity index (χ0) is 13.3. The van der Waals surface area contributed by atoms with Crippen molar-refractivity contribution in [1.29, 1.82) is 0 Å². The summed E-state index contributed by atoms with van der Waals surface area (Å²) in [5, 5.41) is 10.9. The Morgan fingerprint density at radius 3 is 2.61 bits per heavy atom. The van der Waals surface area contributed by atoms with Crippen molar-refractivity contribution in [2.75, 3.05) is 7.05 Å². The van der Waals surface area contributed by atoms with E-state index in [-0.39, 0.29) is 17.3 Å². The Kier molecular flexibility index (Phi) is 2.93. The number of aliphatic imine (C=N–C) groups is 1. The molecule has 2 rings (SSSR count). The molecule has 1 aromatic carbocycles. The molecule has 0 fully saturated rings. The van der Waals surface area contributed by atoms with Gasteiger partial charge in [0.25, 0.3) is 11.6 Å². The van der Waals surface area contributed by atoms with E-state index in [0.717, 1.165) is 0 Å². The van der Waals surface area contributed by atoms with E-state index in [1.165, 1.54) is 17.0 Å². The Morgan fingerprint density at radius 2 is 2.06 bits per heavy atom. The van der Waals surface area contributed by atoms with Crippen molar-refractivity contribution in [3.63, 3.8) is 0 Å². The summed E-state index contributed by atoms with van der Waals surface area (Å²) in [4.78, 5) is 27.6. The van der Waals surface area contributed by atoms with Gasteiger partial charge in [0.2, 0.25) is 0 Å². The maximum absolute atomic E-state index is 11.8. The normalized spacial score (nSPS) is 17.2. The van der Waals surface area contributed by atoms with Gasteiger partial charge in [0.15, 0.2) is 0 Å².